The maximum absolute atomic E-state index is 2.39. The molecule has 0 aromatic heterocycles. The van der Waals surface area contributed by atoms with Gasteiger partial charge in [-0.2, -0.15) is 0 Å². The van der Waals surface area contributed by atoms with E-state index < -0.39 is 13.6 Å². The Balaban J connectivity index is 4.01. The molecule has 0 unspecified atom stereocenters. The second-order valence-corrected chi connectivity index (χ2v) is 17.9. The molecule has 152 valence electrons. The van der Waals surface area contributed by atoms with Gasteiger partial charge in [-0.25, -0.2) is 0 Å². The fraction of sp³-hybridized carbons (Fsp3) is 1.00. The molecule has 0 radical (unpaired) electrons. The van der Waals surface area contributed by atoms with Crippen molar-refractivity contribution in [2.24, 2.45) is 0 Å². The summed E-state index contributed by atoms with van der Waals surface area (Å²) in [5, 5.41) is 6.71. The Labute approximate surface area is 164 Å². The summed E-state index contributed by atoms with van der Waals surface area (Å²) in [5.41, 5.74) is 0. The topological polar surface area (TPSA) is 0 Å². The van der Waals surface area contributed by atoms with E-state index in [9.17, 15) is 0 Å². The predicted molar refractivity (Wildman–Crippen MR) is 122 cm³/mol. The van der Waals surface area contributed by atoms with Crippen LogP contribution in [0.5, 0.6) is 0 Å². The van der Waals surface area contributed by atoms with Gasteiger partial charge in [-0.15, -0.1) is 0 Å². The number of hydrogen-bond acceptors (Lipinski definition) is 0. The van der Waals surface area contributed by atoms with Crippen molar-refractivity contribution in [3.05, 3.63) is 0 Å². The van der Waals surface area contributed by atoms with Crippen LogP contribution in [0.2, 0.25) is 20.8 Å². The van der Waals surface area contributed by atoms with Gasteiger partial charge < -0.3 is 0 Å². The van der Waals surface area contributed by atoms with E-state index in [1.54, 1.807) is 27.3 Å². The summed E-state index contributed by atoms with van der Waals surface area (Å²) in [4.78, 5) is 0. The van der Waals surface area contributed by atoms with Crippen LogP contribution in [-0.4, -0.2) is 13.6 Å². The molecule has 0 nitrogen and oxygen atoms in total. The molecule has 0 aromatic carbocycles. The van der Waals surface area contributed by atoms with Crippen LogP contribution in [0.15, 0.2) is 0 Å². The standard InChI is InChI=1S/C24H52As/c1-5-9-13-14-15-16-17-18-19-20-24-25(21-10-6-2,22-11-7-3)23-12-8-4/h5-24H2,1-4H3/q+1. The van der Waals surface area contributed by atoms with Gasteiger partial charge in [-0.3, -0.25) is 0 Å². The minimum atomic E-state index is -1.34. The Morgan fingerprint density at radius 3 is 0.960 bits per heavy atom. The fourth-order valence-electron chi connectivity index (χ4n) is 4.09. The number of hydrogen-bond donors (Lipinski definition) is 0. The van der Waals surface area contributed by atoms with Crippen LogP contribution in [-0.2, 0) is 0 Å². The Kier molecular flexibility index (Phi) is 19.8. The maximum atomic E-state index is 2.39. The van der Waals surface area contributed by atoms with Gasteiger partial charge in [-0.05, 0) is 0 Å². The molecule has 1 heteroatoms. The second-order valence-electron chi connectivity index (χ2n) is 8.48. The first-order valence-corrected chi connectivity index (χ1v) is 17.4. The van der Waals surface area contributed by atoms with Crippen LogP contribution in [0.25, 0.3) is 0 Å². The van der Waals surface area contributed by atoms with Gasteiger partial charge in [0.2, 0.25) is 0 Å². The number of rotatable bonds is 20. The predicted octanol–water partition coefficient (Wildman–Crippen LogP) is 9.76. The molecule has 0 amide bonds. The third kappa shape index (κ3) is 15.3. The zero-order chi connectivity index (χ0) is 18.6. The van der Waals surface area contributed by atoms with Crippen LogP contribution < -0.4 is 0 Å². The molecule has 0 heterocycles. The van der Waals surface area contributed by atoms with Gasteiger partial charge in [0, 0.05) is 0 Å². The summed E-state index contributed by atoms with van der Waals surface area (Å²) < 4.78 is 0. The molecular formula is C24H52As+. The first-order chi connectivity index (χ1) is 12.2. The Bertz CT molecular complexity index is 227. The van der Waals surface area contributed by atoms with Gasteiger partial charge in [0.1, 0.15) is 0 Å². The van der Waals surface area contributed by atoms with Crippen molar-refractivity contribution in [1.29, 1.82) is 0 Å². The first kappa shape index (κ1) is 25.6. The van der Waals surface area contributed by atoms with Gasteiger partial charge in [0.15, 0.2) is 0 Å². The summed E-state index contributed by atoms with van der Waals surface area (Å²) in [6.07, 6.45) is 23.7. The van der Waals surface area contributed by atoms with E-state index in [0.717, 1.165) is 0 Å². The second kappa shape index (κ2) is 19.3. The van der Waals surface area contributed by atoms with E-state index in [4.69, 9.17) is 0 Å². The van der Waals surface area contributed by atoms with E-state index >= 15 is 0 Å². The van der Waals surface area contributed by atoms with Crippen molar-refractivity contribution >= 4 is 13.6 Å². The molecule has 0 aliphatic rings. The van der Waals surface area contributed by atoms with Crippen molar-refractivity contribution < 1.29 is 0 Å². The van der Waals surface area contributed by atoms with E-state index in [1.165, 1.54) is 96.3 Å². The van der Waals surface area contributed by atoms with Gasteiger partial charge >= 0.3 is 165 Å². The molecule has 0 bridgehead atoms. The van der Waals surface area contributed by atoms with E-state index in [-0.39, 0.29) is 0 Å². The van der Waals surface area contributed by atoms with Crippen molar-refractivity contribution in [3.63, 3.8) is 0 Å². The summed E-state index contributed by atoms with van der Waals surface area (Å²) in [6, 6.07) is 0. The minimum absolute atomic E-state index is 1.34. The molecule has 0 aliphatic carbocycles. The molecule has 0 N–H and O–H groups in total. The number of unbranched alkanes of at least 4 members (excludes halogenated alkanes) is 12. The summed E-state index contributed by atoms with van der Waals surface area (Å²) >= 11 is -1.34. The van der Waals surface area contributed by atoms with Crippen LogP contribution in [0.3, 0.4) is 0 Å². The Morgan fingerprint density at radius 1 is 0.320 bits per heavy atom. The van der Waals surface area contributed by atoms with Crippen molar-refractivity contribution in [3.8, 4) is 0 Å². The normalized spacial score (nSPS) is 12.0. The average Bonchev–Trinajstić information content (AvgIpc) is 2.64. The van der Waals surface area contributed by atoms with Crippen LogP contribution in [0, 0.1) is 0 Å². The molecule has 0 fully saturated rings. The molecule has 0 saturated heterocycles. The molecule has 0 aromatic rings. The Morgan fingerprint density at radius 2 is 0.600 bits per heavy atom. The first-order valence-electron chi connectivity index (χ1n) is 12.1. The zero-order valence-electron chi connectivity index (χ0n) is 18.6. The average molecular weight is 416 g/mol. The van der Waals surface area contributed by atoms with Crippen molar-refractivity contribution in [2.45, 2.75) is 151 Å². The van der Waals surface area contributed by atoms with Crippen LogP contribution in [0.4, 0.5) is 0 Å². The fourth-order valence-corrected chi connectivity index (χ4v) is 15.0. The van der Waals surface area contributed by atoms with Gasteiger partial charge in [0.05, 0.1) is 0 Å². The quantitative estimate of drug-likeness (QED) is 0.137. The van der Waals surface area contributed by atoms with Crippen molar-refractivity contribution in [1.82, 2.24) is 0 Å². The van der Waals surface area contributed by atoms with Crippen LogP contribution >= 0.6 is 0 Å². The monoisotopic (exact) mass is 415 g/mol. The molecular weight excluding hydrogens is 363 g/mol. The van der Waals surface area contributed by atoms with Crippen LogP contribution in [0.1, 0.15) is 130 Å². The van der Waals surface area contributed by atoms with E-state index in [0.29, 0.717) is 0 Å². The summed E-state index contributed by atoms with van der Waals surface area (Å²) in [5.74, 6) is 0. The summed E-state index contributed by atoms with van der Waals surface area (Å²) in [7, 11) is 0. The molecule has 0 saturated carbocycles. The van der Waals surface area contributed by atoms with Crippen molar-refractivity contribution in [2.75, 3.05) is 0 Å². The third-order valence-corrected chi connectivity index (χ3v) is 16.6. The SMILES string of the molecule is CCCCCCCCCCCC[As+](CCCC)(CCCC)CCCC. The molecule has 0 atom stereocenters. The third-order valence-electron chi connectivity index (χ3n) is 5.94. The van der Waals surface area contributed by atoms with Gasteiger partial charge in [-0.1, -0.05) is 0 Å². The van der Waals surface area contributed by atoms with Gasteiger partial charge in [0.25, 0.3) is 0 Å². The molecule has 0 aliphatic heterocycles. The Hall–Kier alpha value is 0.558. The van der Waals surface area contributed by atoms with E-state index in [2.05, 4.69) is 27.7 Å². The molecule has 0 spiro atoms. The summed E-state index contributed by atoms with van der Waals surface area (Å²) in [6.45, 7) is 9.49. The van der Waals surface area contributed by atoms with E-state index in [1.807, 2.05) is 0 Å². The zero-order valence-corrected chi connectivity index (χ0v) is 20.5. The molecule has 0 rings (SSSR count). The molecule has 25 heavy (non-hydrogen) atoms.